The molecule has 2 aliphatic heterocycles. The third-order valence-electron chi connectivity index (χ3n) is 8.23. The standard InChI is InChI=1S/C30H50O6Si2/c1-27(2,3)37(28(4,5)6)33-23(21-15-13-17-31-21)19-25(35-37)26-20-24(22-16-14-18-32-22)34-38(36-26,29(7,8)9)30(10,11)12/h13-18,23-26H,19-20H2,1-12H3/t23-,24-,25+,26+/m1/s1. The Balaban J connectivity index is 1.84. The minimum Gasteiger partial charge on any atom is -0.467 e. The molecule has 0 bridgehead atoms. The van der Waals surface area contributed by atoms with E-state index in [0.717, 1.165) is 11.5 Å². The van der Waals surface area contributed by atoms with Gasteiger partial charge >= 0.3 is 17.1 Å². The van der Waals surface area contributed by atoms with Crippen LogP contribution in [0.15, 0.2) is 45.6 Å². The van der Waals surface area contributed by atoms with Crippen molar-refractivity contribution in [1.82, 2.24) is 0 Å². The van der Waals surface area contributed by atoms with Crippen molar-refractivity contribution in [3.05, 3.63) is 48.3 Å². The summed E-state index contributed by atoms with van der Waals surface area (Å²) in [6.07, 6.45) is 4.09. The first-order chi connectivity index (χ1) is 17.3. The summed E-state index contributed by atoms with van der Waals surface area (Å²) < 4.78 is 40.7. The highest BCUT2D eigenvalue weighted by molar-refractivity contribution is 6.74. The van der Waals surface area contributed by atoms with E-state index >= 15 is 0 Å². The van der Waals surface area contributed by atoms with Gasteiger partial charge in [0, 0.05) is 33.0 Å². The molecule has 4 heterocycles. The Labute approximate surface area is 232 Å². The molecular formula is C30H50O6Si2. The molecule has 2 aromatic rings. The molecule has 2 aromatic heterocycles. The summed E-state index contributed by atoms with van der Waals surface area (Å²) in [4.78, 5) is 0. The van der Waals surface area contributed by atoms with Gasteiger partial charge in [0.05, 0.1) is 24.7 Å². The molecule has 2 aliphatic rings. The lowest BCUT2D eigenvalue weighted by Crippen LogP contribution is -2.67. The Morgan fingerprint density at radius 1 is 0.526 bits per heavy atom. The van der Waals surface area contributed by atoms with Gasteiger partial charge in [0.1, 0.15) is 23.7 Å². The van der Waals surface area contributed by atoms with Gasteiger partial charge in [0.15, 0.2) is 0 Å². The second-order valence-corrected chi connectivity index (χ2v) is 24.7. The van der Waals surface area contributed by atoms with E-state index < -0.39 is 17.1 Å². The van der Waals surface area contributed by atoms with Crippen LogP contribution in [0.4, 0.5) is 0 Å². The van der Waals surface area contributed by atoms with E-state index in [-0.39, 0.29) is 44.6 Å². The van der Waals surface area contributed by atoms with Crippen LogP contribution in [0.5, 0.6) is 0 Å². The van der Waals surface area contributed by atoms with Gasteiger partial charge in [0.25, 0.3) is 0 Å². The highest BCUT2D eigenvalue weighted by Crippen LogP contribution is 2.61. The van der Waals surface area contributed by atoms with Gasteiger partial charge in [-0.3, -0.25) is 0 Å². The van der Waals surface area contributed by atoms with E-state index in [1.165, 1.54) is 0 Å². The molecule has 0 radical (unpaired) electrons. The minimum atomic E-state index is -2.87. The maximum atomic E-state index is 7.34. The van der Waals surface area contributed by atoms with Crippen molar-refractivity contribution in [2.45, 2.75) is 140 Å². The van der Waals surface area contributed by atoms with Gasteiger partial charge in [-0.05, 0) is 24.3 Å². The molecular weight excluding hydrogens is 512 g/mol. The molecule has 214 valence electrons. The highest BCUT2D eigenvalue weighted by Gasteiger charge is 2.67. The molecule has 0 aliphatic carbocycles. The Morgan fingerprint density at radius 3 is 1.08 bits per heavy atom. The molecule has 0 unspecified atom stereocenters. The van der Waals surface area contributed by atoms with Crippen molar-refractivity contribution < 1.29 is 26.5 Å². The van der Waals surface area contributed by atoms with E-state index in [4.69, 9.17) is 26.5 Å². The van der Waals surface area contributed by atoms with Crippen LogP contribution in [0, 0.1) is 0 Å². The van der Waals surface area contributed by atoms with Crippen molar-refractivity contribution in [3.8, 4) is 0 Å². The molecule has 0 spiro atoms. The molecule has 0 saturated carbocycles. The second kappa shape index (κ2) is 9.73. The molecule has 8 heteroatoms. The summed E-state index contributed by atoms with van der Waals surface area (Å²) in [5.41, 5.74) is 0. The van der Waals surface area contributed by atoms with Crippen LogP contribution in [-0.4, -0.2) is 29.3 Å². The Morgan fingerprint density at radius 2 is 0.842 bits per heavy atom. The molecule has 4 atom stereocenters. The number of rotatable bonds is 3. The fourth-order valence-electron chi connectivity index (χ4n) is 6.91. The first kappa shape index (κ1) is 29.8. The SMILES string of the molecule is CC(C)(C)[Si]1(C(C)(C)C)O[C@H]([C@@H]2C[C@H](c3ccco3)O[Si](C(C)(C)C)(C(C)(C)C)O2)C[C@H](c2ccco2)O1. The first-order valence-corrected chi connectivity index (χ1v) is 17.7. The van der Waals surface area contributed by atoms with Gasteiger partial charge in [0.2, 0.25) is 0 Å². The van der Waals surface area contributed by atoms with Gasteiger partial charge in [-0.25, -0.2) is 0 Å². The summed E-state index contributed by atoms with van der Waals surface area (Å²) in [7, 11) is -5.73. The quantitative estimate of drug-likeness (QED) is 0.347. The summed E-state index contributed by atoms with van der Waals surface area (Å²) >= 11 is 0. The zero-order valence-electron chi connectivity index (χ0n) is 25.6. The minimum absolute atomic E-state index is 0.165. The van der Waals surface area contributed by atoms with Crippen LogP contribution in [-0.2, 0) is 17.7 Å². The van der Waals surface area contributed by atoms with Crippen LogP contribution < -0.4 is 0 Å². The first-order valence-electron chi connectivity index (χ1n) is 14.1. The van der Waals surface area contributed by atoms with E-state index in [1.807, 2.05) is 24.3 Å². The number of furan rings is 2. The highest BCUT2D eigenvalue weighted by atomic mass is 28.4. The van der Waals surface area contributed by atoms with Crippen LogP contribution in [0.1, 0.15) is 120 Å². The van der Waals surface area contributed by atoms with Crippen LogP contribution in [0.25, 0.3) is 0 Å². The average molecular weight is 563 g/mol. The number of hydrogen-bond acceptors (Lipinski definition) is 6. The van der Waals surface area contributed by atoms with Crippen molar-refractivity contribution >= 4 is 17.1 Å². The number of hydrogen-bond donors (Lipinski definition) is 0. The summed E-state index contributed by atoms with van der Waals surface area (Å²) in [5, 5.41) is -0.711. The fraction of sp³-hybridized carbons (Fsp3) is 0.733. The van der Waals surface area contributed by atoms with E-state index in [2.05, 4.69) is 83.1 Å². The van der Waals surface area contributed by atoms with Gasteiger partial charge in [-0.2, -0.15) is 0 Å². The predicted molar refractivity (Wildman–Crippen MR) is 154 cm³/mol. The largest absolute Gasteiger partial charge is 0.467 e. The van der Waals surface area contributed by atoms with E-state index in [0.29, 0.717) is 12.8 Å². The zero-order chi connectivity index (χ0) is 28.4. The normalized spacial score (nSPS) is 28.8. The Bertz CT molecular complexity index is 936. The topological polar surface area (TPSA) is 63.2 Å². The Hall–Kier alpha value is -1.17. The maximum absolute atomic E-state index is 7.34. The second-order valence-electron chi connectivity index (χ2n) is 15.3. The fourth-order valence-corrected chi connectivity index (χ4v) is 16.9. The maximum Gasteiger partial charge on any atom is 0.350 e. The third kappa shape index (κ3) is 5.05. The molecule has 6 nitrogen and oxygen atoms in total. The van der Waals surface area contributed by atoms with Crippen molar-refractivity contribution in [1.29, 1.82) is 0 Å². The monoisotopic (exact) mass is 562 g/mol. The third-order valence-corrected chi connectivity index (χ3v) is 18.6. The lowest BCUT2D eigenvalue weighted by molar-refractivity contribution is -0.119. The van der Waals surface area contributed by atoms with Crippen molar-refractivity contribution in [2.24, 2.45) is 0 Å². The van der Waals surface area contributed by atoms with Crippen LogP contribution in [0.2, 0.25) is 20.2 Å². The zero-order valence-corrected chi connectivity index (χ0v) is 27.6. The van der Waals surface area contributed by atoms with E-state index in [1.54, 1.807) is 12.5 Å². The molecule has 4 rings (SSSR count). The van der Waals surface area contributed by atoms with Gasteiger partial charge in [-0.15, -0.1) is 0 Å². The van der Waals surface area contributed by atoms with Gasteiger partial charge in [-0.1, -0.05) is 83.1 Å². The summed E-state index contributed by atoms with van der Waals surface area (Å²) in [6, 6.07) is 7.93. The Kier molecular flexibility index (Phi) is 7.64. The van der Waals surface area contributed by atoms with E-state index in [9.17, 15) is 0 Å². The van der Waals surface area contributed by atoms with Crippen molar-refractivity contribution in [2.75, 3.05) is 0 Å². The molecule has 0 amide bonds. The lowest BCUT2D eigenvalue weighted by atomic mass is 9.99. The average Bonchev–Trinajstić information content (AvgIpc) is 3.50. The van der Waals surface area contributed by atoms with Crippen LogP contribution >= 0.6 is 0 Å². The molecule has 2 saturated heterocycles. The summed E-state index contributed by atoms with van der Waals surface area (Å²) in [5.74, 6) is 1.71. The van der Waals surface area contributed by atoms with Crippen LogP contribution in [0.3, 0.4) is 0 Å². The lowest BCUT2D eigenvalue weighted by Gasteiger charge is -2.59. The predicted octanol–water partition coefficient (Wildman–Crippen LogP) is 9.35. The molecule has 0 N–H and O–H groups in total. The molecule has 38 heavy (non-hydrogen) atoms. The molecule has 2 fully saturated rings. The smallest absolute Gasteiger partial charge is 0.350 e. The molecule has 0 aromatic carbocycles. The van der Waals surface area contributed by atoms with Gasteiger partial charge < -0.3 is 26.5 Å². The van der Waals surface area contributed by atoms with Crippen molar-refractivity contribution in [3.63, 3.8) is 0 Å². The summed E-state index contributed by atoms with van der Waals surface area (Å²) in [6.45, 7) is 27.1.